The maximum Gasteiger partial charge on any atom is 0.113 e. The lowest BCUT2D eigenvalue weighted by Crippen LogP contribution is -1.99. The Labute approximate surface area is 137 Å². The van der Waals surface area contributed by atoms with Gasteiger partial charge in [-0.15, -0.1) is 0 Å². The highest BCUT2D eigenvalue weighted by Gasteiger charge is 2.09. The highest BCUT2D eigenvalue weighted by atomic mass is 14.1. The van der Waals surface area contributed by atoms with Gasteiger partial charge in [-0.3, -0.25) is 0 Å². The molecule has 106 valence electrons. The van der Waals surface area contributed by atoms with Gasteiger partial charge in [0.15, 0.2) is 0 Å². The minimum atomic E-state index is 0.789. The topological polar surface area (TPSA) is 0 Å². The fourth-order valence-corrected chi connectivity index (χ4v) is 3.10. The maximum atomic E-state index is 5.84. The minimum Gasteiger partial charge on any atom is -0.0966 e. The van der Waals surface area contributed by atoms with Crippen LogP contribution in [0, 0.1) is 0 Å². The van der Waals surface area contributed by atoms with Crippen LogP contribution in [0.15, 0.2) is 91.0 Å². The summed E-state index contributed by atoms with van der Waals surface area (Å²) >= 11 is 0. The van der Waals surface area contributed by atoms with Crippen molar-refractivity contribution in [3.63, 3.8) is 0 Å². The minimum absolute atomic E-state index is 0.789. The lowest BCUT2D eigenvalue weighted by Gasteiger charge is -2.13. The average molecular weight is 290 g/mol. The molecule has 0 aliphatic rings. The normalized spacial score (nSPS) is 10.8. The van der Waals surface area contributed by atoms with Crippen LogP contribution in [0.4, 0.5) is 0 Å². The Morgan fingerprint density at radius 2 is 1.04 bits per heavy atom. The van der Waals surface area contributed by atoms with Crippen LogP contribution in [0.2, 0.25) is 0 Å². The molecule has 0 saturated carbocycles. The lowest BCUT2D eigenvalue weighted by molar-refractivity contribution is 1.63. The molecule has 23 heavy (non-hydrogen) atoms. The molecular weight excluding hydrogens is 275 g/mol. The molecule has 0 N–H and O–H groups in total. The smallest absolute Gasteiger partial charge is 0.0966 e. The molecule has 4 aromatic carbocycles. The molecule has 0 amide bonds. The summed E-state index contributed by atoms with van der Waals surface area (Å²) in [5.41, 5.74) is 5.71. The van der Waals surface area contributed by atoms with Crippen LogP contribution in [-0.4, -0.2) is 7.85 Å². The quantitative estimate of drug-likeness (QED) is 0.457. The molecular formula is C22H15B. The molecule has 0 aliphatic heterocycles. The predicted octanol–water partition coefficient (Wildman–Crippen LogP) is 4.97. The molecule has 1 heteroatoms. The first-order valence-corrected chi connectivity index (χ1v) is 7.76. The Balaban J connectivity index is 2.04. The van der Waals surface area contributed by atoms with Crippen LogP contribution >= 0.6 is 0 Å². The average Bonchev–Trinajstić information content (AvgIpc) is 2.62. The van der Waals surface area contributed by atoms with Gasteiger partial charge in [0.2, 0.25) is 0 Å². The van der Waals surface area contributed by atoms with E-state index in [-0.39, 0.29) is 0 Å². The summed E-state index contributed by atoms with van der Waals surface area (Å²) in [4.78, 5) is 0. The zero-order chi connectivity index (χ0) is 15.6. The van der Waals surface area contributed by atoms with Gasteiger partial charge in [-0.25, -0.2) is 0 Å². The molecule has 0 bridgehead atoms. The summed E-state index contributed by atoms with van der Waals surface area (Å²) in [6.45, 7) is 0. The second kappa shape index (κ2) is 5.77. The number of fused-ring (bicyclic) bond motifs is 1. The number of rotatable bonds is 2. The highest BCUT2D eigenvalue weighted by Crippen LogP contribution is 2.36. The second-order valence-electron chi connectivity index (χ2n) is 5.70. The van der Waals surface area contributed by atoms with E-state index in [1.807, 2.05) is 12.1 Å². The molecule has 0 fully saturated rings. The van der Waals surface area contributed by atoms with Gasteiger partial charge >= 0.3 is 0 Å². The van der Waals surface area contributed by atoms with E-state index in [0.29, 0.717) is 0 Å². The van der Waals surface area contributed by atoms with Crippen LogP contribution < -0.4 is 5.46 Å². The SMILES string of the molecule is [B]c1ccc(-c2cccc3cccc(-c4ccccc4)c23)cc1. The molecule has 0 heterocycles. The van der Waals surface area contributed by atoms with Crippen molar-refractivity contribution in [2.45, 2.75) is 0 Å². The van der Waals surface area contributed by atoms with Crippen molar-refractivity contribution in [3.05, 3.63) is 91.0 Å². The molecule has 0 spiro atoms. The maximum absolute atomic E-state index is 5.84. The summed E-state index contributed by atoms with van der Waals surface area (Å²) < 4.78 is 0. The number of benzene rings is 4. The first-order valence-electron chi connectivity index (χ1n) is 7.76. The van der Waals surface area contributed by atoms with Gasteiger partial charge in [0.1, 0.15) is 7.85 Å². The van der Waals surface area contributed by atoms with Crippen molar-refractivity contribution in [2.24, 2.45) is 0 Å². The van der Waals surface area contributed by atoms with Gasteiger partial charge in [-0.2, -0.15) is 0 Å². The van der Waals surface area contributed by atoms with E-state index >= 15 is 0 Å². The van der Waals surface area contributed by atoms with Gasteiger partial charge in [-0.05, 0) is 33.0 Å². The second-order valence-corrected chi connectivity index (χ2v) is 5.70. The number of hydrogen-bond acceptors (Lipinski definition) is 0. The van der Waals surface area contributed by atoms with Gasteiger partial charge in [-0.1, -0.05) is 96.5 Å². The lowest BCUT2D eigenvalue weighted by atomic mass is 9.89. The third-order valence-corrected chi connectivity index (χ3v) is 4.21. The van der Waals surface area contributed by atoms with E-state index in [1.54, 1.807) is 0 Å². The third-order valence-electron chi connectivity index (χ3n) is 4.21. The third kappa shape index (κ3) is 2.55. The van der Waals surface area contributed by atoms with Crippen LogP contribution in [-0.2, 0) is 0 Å². The van der Waals surface area contributed by atoms with E-state index in [1.165, 1.54) is 33.0 Å². The predicted molar refractivity (Wildman–Crippen MR) is 100 cm³/mol. The Bertz CT molecular complexity index is 949. The Morgan fingerprint density at radius 3 is 1.65 bits per heavy atom. The van der Waals surface area contributed by atoms with Crippen LogP contribution in [0.25, 0.3) is 33.0 Å². The molecule has 0 unspecified atom stereocenters. The van der Waals surface area contributed by atoms with Crippen molar-refractivity contribution in [1.82, 2.24) is 0 Å². The molecule has 0 atom stereocenters. The first-order chi connectivity index (χ1) is 11.3. The summed E-state index contributed by atoms with van der Waals surface area (Å²) in [6.07, 6.45) is 0. The molecule has 0 nitrogen and oxygen atoms in total. The van der Waals surface area contributed by atoms with E-state index in [2.05, 4.69) is 78.9 Å². The number of hydrogen-bond donors (Lipinski definition) is 0. The molecule has 2 radical (unpaired) electrons. The van der Waals surface area contributed by atoms with Crippen LogP contribution in [0.3, 0.4) is 0 Å². The van der Waals surface area contributed by atoms with Gasteiger partial charge in [0.25, 0.3) is 0 Å². The van der Waals surface area contributed by atoms with E-state index in [4.69, 9.17) is 7.85 Å². The molecule has 4 aromatic rings. The van der Waals surface area contributed by atoms with Gasteiger partial charge < -0.3 is 0 Å². The van der Waals surface area contributed by atoms with E-state index in [9.17, 15) is 0 Å². The van der Waals surface area contributed by atoms with Crippen LogP contribution in [0.5, 0.6) is 0 Å². The zero-order valence-corrected chi connectivity index (χ0v) is 12.7. The van der Waals surface area contributed by atoms with Crippen molar-refractivity contribution < 1.29 is 0 Å². The molecule has 0 aromatic heterocycles. The van der Waals surface area contributed by atoms with E-state index in [0.717, 1.165) is 5.46 Å². The van der Waals surface area contributed by atoms with Crippen LogP contribution in [0.1, 0.15) is 0 Å². The van der Waals surface area contributed by atoms with Crippen molar-refractivity contribution in [1.29, 1.82) is 0 Å². The summed E-state index contributed by atoms with van der Waals surface area (Å²) in [5.74, 6) is 0. The fourth-order valence-electron chi connectivity index (χ4n) is 3.10. The summed E-state index contributed by atoms with van der Waals surface area (Å²) in [6, 6.07) is 31.6. The largest absolute Gasteiger partial charge is 0.113 e. The Kier molecular flexibility index (Phi) is 3.47. The molecule has 0 aliphatic carbocycles. The Hall–Kier alpha value is -2.80. The van der Waals surface area contributed by atoms with Gasteiger partial charge in [0, 0.05) is 0 Å². The standard InChI is InChI=1S/C22H15B/c23-19-14-12-17(13-15-19)21-11-5-9-18-8-4-10-20(22(18)21)16-6-2-1-3-7-16/h1-15H. The highest BCUT2D eigenvalue weighted by molar-refractivity contribution is 6.32. The zero-order valence-electron chi connectivity index (χ0n) is 12.7. The first kappa shape index (κ1) is 13.8. The summed E-state index contributed by atoms with van der Waals surface area (Å²) in [5, 5.41) is 2.53. The van der Waals surface area contributed by atoms with Crippen molar-refractivity contribution in [2.75, 3.05) is 0 Å². The fraction of sp³-hybridized carbons (Fsp3) is 0. The van der Waals surface area contributed by atoms with Gasteiger partial charge in [0.05, 0.1) is 0 Å². The molecule has 4 rings (SSSR count). The molecule has 0 saturated heterocycles. The van der Waals surface area contributed by atoms with Crippen molar-refractivity contribution in [3.8, 4) is 22.3 Å². The Morgan fingerprint density at radius 1 is 0.478 bits per heavy atom. The summed E-state index contributed by atoms with van der Waals surface area (Å²) in [7, 11) is 5.84. The van der Waals surface area contributed by atoms with Crippen molar-refractivity contribution >= 4 is 24.1 Å². The van der Waals surface area contributed by atoms with E-state index < -0.39 is 0 Å². The monoisotopic (exact) mass is 290 g/mol.